The molecule has 0 aromatic rings. The van der Waals surface area contributed by atoms with Gasteiger partial charge < -0.3 is 5.11 Å². The van der Waals surface area contributed by atoms with Crippen LogP contribution in [0.15, 0.2) is 0 Å². The molecular weight excluding hydrogens is 364 g/mol. The van der Waals surface area contributed by atoms with Crippen molar-refractivity contribution in [3.05, 3.63) is 0 Å². The number of Topliss-reactive ketones (excluding diaryl/α,β-unsaturated/α-hetero) is 2. The zero-order chi connectivity index (χ0) is 21.7. The van der Waals surface area contributed by atoms with Crippen molar-refractivity contribution in [2.75, 3.05) is 0 Å². The van der Waals surface area contributed by atoms with Crippen molar-refractivity contribution in [1.29, 1.82) is 0 Å². The Hall–Kier alpha value is -1.19. The smallest absolute Gasteiger partial charge is 0.303 e. The molecule has 1 N–H and O–H groups in total. The second-order valence-electron chi connectivity index (χ2n) is 8.69. The van der Waals surface area contributed by atoms with Gasteiger partial charge in [0.2, 0.25) is 0 Å². The fourth-order valence-corrected chi connectivity index (χ4v) is 3.87. The summed E-state index contributed by atoms with van der Waals surface area (Å²) in [4.78, 5) is 35.6. The Morgan fingerprint density at radius 1 is 0.552 bits per heavy atom. The monoisotopic (exact) mass is 410 g/mol. The van der Waals surface area contributed by atoms with Gasteiger partial charge in [0.1, 0.15) is 11.6 Å². The normalized spacial score (nSPS) is 11.1. The second kappa shape index (κ2) is 20.1. The van der Waals surface area contributed by atoms with E-state index in [2.05, 4.69) is 13.8 Å². The average Bonchev–Trinajstić information content (AvgIpc) is 2.66. The molecule has 0 saturated carbocycles. The molecule has 4 heteroatoms. The number of carbonyl (C=O) groups excluding carboxylic acids is 2. The number of carboxylic acid groups (broad SMARTS) is 1. The average molecular weight is 411 g/mol. The first kappa shape index (κ1) is 27.8. The maximum absolute atomic E-state index is 12.2. The summed E-state index contributed by atoms with van der Waals surface area (Å²) in [6, 6.07) is 0. The van der Waals surface area contributed by atoms with E-state index in [1.165, 1.54) is 64.2 Å². The fraction of sp³-hybridized carbons (Fsp3) is 0.880. The van der Waals surface area contributed by atoms with Crippen LogP contribution < -0.4 is 0 Å². The molecule has 0 bridgehead atoms. The Bertz CT molecular complexity index is 399. The lowest BCUT2D eigenvalue weighted by Crippen LogP contribution is -2.17. The predicted molar refractivity (Wildman–Crippen MR) is 120 cm³/mol. The number of hydrogen-bond acceptors (Lipinski definition) is 3. The molecule has 0 aromatic heterocycles. The highest BCUT2D eigenvalue weighted by Crippen LogP contribution is 2.19. The summed E-state index contributed by atoms with van der Waals surface area (Å²) >= 11 is 0. The molecule has 0 aliphatic rings. The summed E-state index contributed by atoms with van der Waals surface area (Å²) in [6.07, 6.45) is 17.7. The van der Waals surface area contributed by atoms with Crippen molar-refractivity contribution in [2.45, 2.75) is 136 Å². The van der Waals surface area contributed by atoms with Crippen LogP contribution in [0.25, 0.3) is 0 Å². The van der Waals surface area contributed by atoms with Gasteiger partial charge in [0.15, 0.2) is 0 Å². The van der Waals surface area contributed by atoms with Gasteiger partial charge in [-0.15, -0.1) is 0 Å². The summed E-state index contributed by atoms with van der Waals surface area (Å²) < 4.78 is 0. The molecule has 0 aliphatic heterocycles. The molecule has 0 saturated heterocycles. The third-order valence-corrected chi connectivity index (χ3v) is 5.61. The van der Waals surface area contributed by atoms with E-state index < -0.39 is 5.97 Å². The van der Waals surface area contributed by atoms with Gasteiger partial charge in [-0.3, -0.25) is 14.4 Å². The minimum atomic E-state index is -0.914. The summed E-state index contributed by atoms with van der Waals surface area (Å²) in [6.45, 7) is 4.40. The van der Waals surface area contributed by atoms with E-state index in [4.69, 9.17) is 5.11 Å². The quantitative estimate of drug-likeness (QED) is 0.190. The zero-order valence-electron chi connectivity index (χ0n) is 19.2. The van der Waals surface area contributed by atoms with Gasteiger partial charge in [-0.05, 0) is 18.8 Å². The lowest BCUT2D eigenvalue weighted by molar-refractivity contribution is -0.138. The van der Waals surface area contributed by atoms with Gasteiger partial charge >= 0.3 is 5.97 Å². The van der Waals surface area contributed by atoms with Crippen LogP contribution in [0.3, 0.4) is 0 Å². The molecule has 0 unspecified atom stereocenters. The van der Waals surface area contributed by atoms with Gasteiger partial charge in [0.05, 0.1) is 0 Å². The molecule has 170 valence electrons. The number of rotatable bonds is 22. The van der Waals surface area contributed by atoms with Gasteiger partial charge in [0, 0.05) is 32.1 Å². The van der Waals surface area contributed by atoms with E-state index in [1.54, 1.807) is 0 Å². The first-order valence-electron chi connectivity index (χ1n) is 12.2. The van der Waals surface area contributed by atoms with Crippen LogP contribution in [0.2, 0.25) is 0 Å². The van der Waals surface area contributed by atoms with E-state index in [0.29, 0.717) is 12.8 Å². The van der Waals surface area contributed by atoms with E-state index in [-0.39, 0.29) is 36.7 Å². The van der Waals surface area contributed by atoms with Gasteiger partial charge in [-0.25, -0.2) is 0 Å². The van der Waals surface area contributed by atoms with Crippen LogP contribution in [-0.4, -0.2) is 22.6 Å². The Balaban J connectivity index is 4.00. The highest BCUT2D eigenvalue weighted by Gasteiger charge is 2.20. The molecule has 29 heavy (non-hydrogen) atoms. The van der Waals surface area contributed by atoms with Crippen LogP contribution in [0.1, 0.15) is 136 Å². The van der Waals surface area contributed by atoms with E-state index >= 15 is 0 Å². The van der Waals surface area contributed by atoms with Crippen molar-refractivity contribution in [1.82, 2.24) is 0 Å². The van der Waals surface area contributed by atoms with Gasteiger partial charge in [-0.2, -0.15) is 0 Å². The summed E-state index contributed by atoms with van der Waals surface area (Å²) in [7, 11) is 0. The largest absolute Gasteiger partial charge is 0.481 e. The number of unbranched alkanes of at least 4 members (excludes halogenated alkanes) is 12. The Labute approximate surface area is 179 Å². The molecular formula is C25H46O4. The van der Waals surface area contributed by atoms with Crippen molar-refractivity contribution in [3.63, 3.8) is 0 Å². The number of carboxylic acids is 1. The van der Waals surface area contributed by atoms with E-state index in [9.17, 15) is 14.4 Å². The number of ketones is 2. The lowest BCUT2D eigenvalue weighted by atomic mass is 9.90. The second-order valence-corrected chi connectivity index (χ2v) is 8.69. The SMILES string of the molecule is CCCCCCCCCC(=O)CC(CC(=O)O)CC(=O)CCCCCCCCC. The minimum absolute atomic E-state index is 0.0779. The molecule has 0 atom stereocenters. The van der Waals surface area contributed by atoms with Gasteiger partial charge in [0.25, 0.3) is 0 Å². The van der Waals surface area contributed by atoms with Crippen LogP contribution in [0, 0.1) is 5.92 Å². The maximum Gasteiger partial charge on any atom is 0.303 e. The molecule has 0 rings (SSSR count). The van der Waals surface area contributed by atoms with Crippen molar-refractivity contribution in [2.24, 2.45) is 5.92 Å². The lowest BCUT2D eigenvalue weighted by Gasteiger charge is -2.13. The topological polar surface area (TPSA) is 71.4 Å². The van der Waals surface area contributed by atoms with Crippen LogP contribution >= 0.6 is 0 Å². The first-order valence-corrected chi connectivity index (χ1v) is 12.2. The number of aliphatic carboxylic acids is 1. The Kier molecular flexibility index (Phi) is 19.3. The van der Waals surface area contributed by atoms with Crippen molar-refractivity contribution < 1.29 is 19.5 Å². The first-order chi connectivity index (χ1) is 14.0. The van der Waals surface area contributed by atoms with Crippen molar-refractivity contribution in [3.8, 4) is 0 Å². The molecule has 0 aliphatic carbocycles. The number of hydrogen-bond donors (Lipinski definition) is 1. The molecule has 4 nitrogen and oxygen atoms in total. The minimum Gasteiger partial charge on any atom is -0.481 e. The summed E-state index contributed by atoms with van der Waals surface area (Å²) in [5.74, 6) is -1.01. The molecule has 0 spiro atoms. The summed E-state index contributed by atoms with van der Waals surface area (Å²) in [5, 5.41) is 9.12. The molecule has 0 heterocycles. The molecule has 0 fully saturated rings. The maximum atomic E-state index is 12.2. The van der Waals surface area contributed by atoms with E-state index in [0.717, 1.165) is 25.7 Å². The standard InChI is InChI=1S/C25H46O4/c1-3-5-7-9-11-13-15-17-23(26)19-22(21-25(28)29)20-24(27)18-16-14-12-10-8-6-4-2/h22H,3-21H2,1-2H3,(H,28,29). The molecule has 0 amide bonds. The highest BCUT2D eigenvalue weighted by atomic mass is 16.4. The van der Waals surface area contributed by atoms with Crippen LogP contribution in [0.4, 0.5) is 0 Å². The zero-order valence-corrected chi connectivity index (χ0v) is 19.2. The summed E-state index contributed by atoms with van der Waals surface area (Å²) in [5.41, 5.74) is 0. The van der Waals surface area contributed by atoms with Crippen LogP contribution in [0.5, 0.6) is 0 Å². The molecule has 0 radical (unpaired) electrons. The number of carbonyl (C=O) groups is 3. The predicted octanol–water partition coefficient (Wildman–Crippen LogP) is 7.28. The van der Waals surface area contributed by atoms with Crippen molar-refractivity contribution >= 4 is 17.5 Å². The van der Waals surface area contributed by atoms with Gasteiger partial charge in [-0.1, -0.05) is 90.9 Å². The third kappa shape index (κ3) is 19.9. The Morgan fingerprint density at radius 3 is 1.24 bits per heavy atom. The van der Waals surface area contributed by atoms with Crippen LogP contribution in [-0.2, 0) is 14.4 Å². The Morgan fingerprint density at radius 2 is 0.897 bits per heavy atom. The fourth-order valence-electron chi connectivity index (χ4n) is 3.87. The third-order valence-electron chi connectivity index (χ3n) is 5.61. The molecule has 0 aromatic carbocycles. The van der Waals surface area contributed by atoms with E-state index in [1.807, 2.05) is 0 Å². The highest BCUT2D eigenvalue weighted by molar-refractivity contribution is 5.82.